The van der Waals surface area contributed by atoms with Crippen LogP contribution in [0.3, 0.4) is 0 Å². The summed E-state index contributed by atoms with van der Waals surface area (Å²) >= 11 is 0. The fourth-order valence-electron chi connectivity index (χ4n) is 4.64. The minimum Gasteiger partial charge on any atom is -0.444 e. The molecule has 2 aromatic heterocycles. The molecule has 4 rings (SSSR count). The summed E-state index contributed by atoms with van der Waals surface area (Å²) in [4.78, 5) is 45.3. The number of nitrogens with zero attached hydrogens (tertiary/aromatic N) is 7. The summed E-state index contributed by atoms with van der Waals surface area (Å²) < 4.78 is 9.23. The SMILES string of the molecule is Cn1c(=O)c2c(nc(N3CCCC(NC(=O)OC(C)(C)C)C3)n2Cc2ccccc2C#N)n(CC#N)c1=O. The molecule has 1 atom stereocenters. The number of imidazole rings is 1. The first-order valence-corrected chi connectivity index (χ1v) is 12.3. The molecule has 1 saturated heterocycles. The van der Waals surface area contributed by atoms with E-state index in [0.29, 0.717) is 30.2 Å². The number of hydrogen-bond donors (Lipinski definition) is 1. The highest BCUT2D eigenvalue weighted by Crippen LogP contribution is 2.25. The molecule has 1 N–H and O–H groups in total. The zero-order valence-electron chi connectivity index (χ0n) is 21.9. The van der Waals surface area contributed by atoms with Gasteiger partial charge in [-0.15, -0.1) is 0 Å². The minimum absolute atomic E-state index is 0.103. The summed E-state index contributed by atoms with van der Waals surface area (Å²) in [5.74, 6) is 0.415. The van der Waals surface area contributed by atoms with Gasteiger partial charge in [-0.1, -0.05) is 18.2 Å². The Morgan fingerprint density at radius 2 is 1.95 bits per heavy atom. The molecule has 1 aliphatic rings. The number of piperidine rings is 1. The van der Waals surface area contributed by atoms with Crippen molar-refractivity contribution in [1.82, 2.24) is 24.0 Å². The summed E-state index contributed by atoms with van der Waals surface area (Å²) in [7, 11) is 1.36. The number of alkyl carbamates (subject to hydrolysis) is 1. The number of benzene rings is 1. The zero-order valence-corrected chi connectivity index (χ0v) is 21.9. The van der Waals surface area contributed by atoms with Crippen molar-refractivity contribution in [2.45, 2.75) is 58.3 Å². The highest BCUT2D eigenvalue weighted by Gasteiger charge is 2.29. The third-order valence-corrected chi connectivity index (χ3v) is 6.33. The zero-order chi connectivity index (χ0) is 27.6. The van der Waals surface area contributed by atoms with Gasteiger partial charge >= 0.3 is 11.8 Å². The van der Waals surface area contributed by atoms with Crippen molar-refractivity contribution >= 4 is 23.2 Å². The van der Waals surface area contributed by atoms with Crippen molar-refractivity contribution in [2.75, 3.05) is 18.0 Å². The summed E-state index contributed by atoms with van der Waals surface area (Å²) in [5.41, 5.74) is -0.431. The second-order valence-electron chi connectivity index (χ2n) is 10.3. The monoisotopic (exact) mass is 518 g/mol. The third-order valence-electron chi connectivity index (χ3n) is 6.33. The molecule has 0 spiro atoms. The number of ether oxygens (including phenoxy) is 1. The van der Waals surface area contributed by atoms with Crippen LogP contribution >= 0.6 is 0 Å². The van der Waals surface area contributed by atoms with Crippen LogP contribution in [0.1, 0.15) is 44.7 Å². The molecule has 1 aliphatic heterocycles. The molecule has 1 amide bonds. The van der Waals surface area contributed by atoms with Crippen molar-refractivity contribution < 1.29 is 9.53 Å². The molecule has 0 saturated carbocycles. The van der Waals surface area contributed by atoms with E-state index in [1.807, 2.05) is 11.0 Å². The van der Waals surface area contributed by atoms with Crippen molar-refractivity contribution in [1.29, 1.82) is 10.5 Å². The number of carbonyl (C=O) groups excluding carboxylic acids is 1. The molecular weight excluding hydrogens is 488 g/mol. The number of carbonyl (C=O) groups is 1. The fourth-order valence-corrected chi connectivity index (χ4v) is 4.64. The molecule has 0 bridgehead atoms. The lowest BCUT2D eigenvalue weighted by atomic mass is 10.1. The van der Waals surface area contributed by atoms with Crippen molar-refractivity contribution in [3.8, 4) is 12.1 Å². The Labute approximate surface area is 219 Å². The van der Waals surface area contributed by atoms with Crippen molar-refractivity contribution in [3.05, 3.63) is 56.2 Å². The summed E-state index contributed by atoms with van der Waals surface area (Å²) in [6.45, 7) is 6.24. The average Bonchev–Trinajstić information content (AvgIpc) is 3.23. The van der Waals surface area contributed by atoms with E-state index in [2.05, 4.69) is 11.4 Å². The van der Waals surface area contributed by atoms with Gasteiger partial charge in [-0.3, -0.25) is 18.5 Å². The molecule has 198 valence electrons. The van der Waals surface area contributed by atoms with E-state index in [0.717, 1.165) is 17.4 Å². The highest BCUT2D eigenvalue weighted by atomic mass is 16.6. The molecule has 1 unspecified atom stereocenters. The number of anilines is 1. The number of rotatable bonds is 5. The van der Waals surface area contributed by atoms with Crippen LogP contribution in [0.5, 0.6) is 0 Å². The maximum absolute atomic E-state index is 13.4. The van der Waals surface area contributed by atoms with Gasteiger partial charge in [0.1, 0.15) is 12.1 Å². The molecule has 1 fully saturated rings. The lowest BCUT2D eigenvalue weighted by Crippen LogP contribution is -2.49. The largest absolute Gasteiger partial charge is 0.444 e. The molecule has 0 radical (unpaired) electrons. The number of amides is 1. The summed E-state index contributed by atoms with van der Waals surface area (Å²) in [6.07, 6.45) is 0.952. The van der Waals surface area contributed by atoms with Crippen molar-refractivity contribution in [2.24, 2.45) is 7.05 Å². The maximum Gasteiger partial charge on any atom is 0.407 e. The number of nitriles is 2. The predicted octanol–water partition coefficient (Wildman–Crippen LogP) is 1.83. The first-order valence-electron chi connectivity index (χ1n) is 12.3. The van der Waals surface area contributed by atoms with Crippen LogP contribution in [0.25, 0.3) is 11.2 Å². The first kappa shape index (κ1) is 26.5. The lowest BCUT2D eigenvalue weighted by Gasteiger charge is -2.34. The summed E-state index contributed by atoms with van der Waals surface area (Å²) in [6, 6.07) is 11.0. The second-order valence-corrected chi connectivity index (χ2v) is 10.3. The number of fused-ring (bicyclic) bond motifs is 1. The van der Waals surface area contributed by atoms with E-state index in [4.69, 9.17) is 9.72 Å². The van der Waals surface area contributed by atoms with E-state index in [1.165, 1.54) is 11.6 Å². The molecule has 0 aliphatic carbocycles. The molecular formula is C26H30N8O4. The quantitative estimate of drug-likeness (QED) is 0.537. The van der Waals surface area contributed by atoms with Gasteiger partial charge in [0, 0.05) is 26.2 Å². The van der Waals surface area contributed by atoms with Crippen LogP contribution < -0.4 is 21.5 Å². The number of aromatic nitrogens is 4. The first-order chi connectivity index (χ1) is 18.0. The molecule has 12 heteroatoms. The van der Waals surface area contributed by atoms with Gasteiger partial charge in [0.2, 0.25) is 5.95 Å². The highest BCUT2D eigenvalue weighted by molar-refractivity contribution is 5.75. The standard InChI is InChI=1S/C26H30N8O4/c1-26(2,3)38-24(36)29-19-10-7-12-32(16-19)23-30-21-20(22(35)31(4)25(37)33(21)13-11-27)34(23)15-18-9-6-5-8-17(18)14-28/h5-6,8-9,19H,7,10,12-13,15-16H2,1-4H3,(H,29,36). The van der Waals surface area contributed by atoms with Crippen LogP contribution in [0.4, 0.5) is 10.7 Å². The van der Waals surface area contributed by atoms with Crippen LogP contribution in [0.15, 0.2) is 33.9 Å². The number of hydrogen-bond acceptors (Lipinski definition) is 8. The van der Waals surface area contributed by atoms with Gasteiger partial charge < -0.3 is 15.0 Å². The maximum atomic E-state index is 13.4. The Bertz CT molecular complexity index is 1580. The van der Waals surface area contributed by atoms with Crippen molar-refractivity contribution in [3.63, 3.8) is 0 Å². The number of nitrogens with one attached hydrogen (secondary N) is 1. The third kappa shape index (κ3) is 5.25. The summed E-state index contributed by atoms with van der Waals surface area (Å²) in [5, 5.41) is 21.9. The van der Waals surface area contributed by atoms with Crippen LogP contribution in [0.2, 0.25) is 0 Å². The average molecular weight is 519 g/mol. The van der Waals surface area contributed by atoms with E-state index in [-0.39, 0.29) is 30.3 Å². The molecule has 3 aromatic rings. The van der Waals surface area contributed by atoms with E-state index < -0.39 is 22.9 Å². The van der Waals surface area contributed by atoms with E-state index in [9.17, 15) is 24.9 Å². The molecule has 1 aromatic carbocycles. The molecule has 3 heterocycles. The minimum atomic E-state index is -0.638. The normalized spacial score (nSPS) is 15.6. The van der Waals surface area contributed by atoms with E-state index in [1.54, 1.807) is 49.6 Å². The smallest absolute Gasteiger partial charge is 0.407 e. The molecule has 12 nitrogen and oxygen atoms in total. The van der Waals surface area contributed by atoms with Gasteiger partial charge in [0.25, 0.3) is 5.56 Å². The Hall–Kier alpha value is -4.58. The van der Waals surface area contributed by atoms with Crippen LogP contribution in [-0.2, 0) is 24.9 Å². The van der Waals surface area contributed by atoms with E-state index >= 15 is 0 Å². The Kier molecular flexibility index (Phi) is 7.26. The second kappa shape index (κ2) is 10.4. The van der Waals surface area contributed by atoms with Gasteiger partial charge in [-0.05, 0) is 45.2 Å². The fraction of sp³-hybridized carbons (Fsp3) is 0.462. The predicted molar refractivity (Wildman–Crippen MR) is 140 cm³/mol. The van der Waals surface area contributed by atoms with Gasteiger partial charge in [0.05, 0.1) is 24.2 Å². The topological polar surface area (TPSA) is 151 Å². The van der Waals surface area contributed by atoms with Crippen LogP contribution in [0, 0.1) is 22.7 Å². The van der Waals surface area contributed by atoms with Gasteiger partial charge in [-0.2, -0.15) is 15.5 Å². The Balaban J connectivity index is 1.83. The Morgan fingerprint density at radius 1 is 1.21 bits per heavy atom. The lowest BCUT2D eigenvalue weighted by molar-refractivity contribution is 0.0499. The van der Waals surface area contributed by atoms with Crippen LogP contribution in [-0.4, -0.2) is 49.5 Å². The Morgan fingerprint density at radius 3 is 2.63 bits per heavy atom. The van der Waals surface area contributed by atoms with Gasteiger partial charge in [0.15, 0.2) is 11.2 Å². The van der Waals surface area contributed by atoms with Gasteiger partial charge in [-0.25, -0.2) is 9.59 Å². The molecule has 38 heavy (non-hydrogen) atoms.